The highest BCUT2D eigenvalue weighted by atomic mass is 32.1. The van der Waals surface area contributed by atoms with Gasteiger partial charge in [0, 0.05) is 35.1 Å². The van der Waals surface area contributed by atoms with Crippen LogP contribution >= 0.6 is 11.3 Å². The van der Waals surface area contributed by atoms with Gasteiger partial charge in [-0.15, -0.1) is 11.3 Å². The first-order valence-corrected chi connectivity index (χ1v) is 8.18. The van der Waals surface area contributed by atoms with Crippen LogP contribution in [0.15, 0.2) is 48.0 Å². The number of aliphatic hydroxyl groups is 1. The van der Waals surface area contributed by atoms with Gasteiger partial charge in [0.15, 0.2) is 0 Å². The SMILES string of the molecule is CN(Cc1cccs1)CC(O)COc1cccc2[nH]ccc12. The first kappa shape index (κ1) is 15.1. The van der Waals surface area contributed by atoms with Crippen LogP contribution in [-0.2, 0) is 6.54 Å². The minimum Gasteiger partial charge on any atom is -0.490 e. The number of nitrogens with zero attached hydrogens (tertiary/aromatic N) is 1. The Kier molecular flexibility index (Phi) is 4.77. The number of hydrogen-bond acceptors (Lipinski definition) is 4. The van der Waals surface area contributed by atoms with Gasteiger partial charge in [0.25, 0.3) is 0 Å². The number of aromatic amines is 1. The number of likely N-dealkylation sites (N-methyl/N-ethyl adjacent to an activating group) is 1. The lowest BCUT2D eigenvalue weighted by Gasteiger charge is -2.20. The van der Waals surface area contributed by atoms with Crippen molar-refractivity contribution in [1.82, 2.24) is 9.88 Å². The first-order valence-electron chi connectivity index (χ1n) is 7.30. The van der Waals surface area contributed by atoms with Crippen molar-refractivity contribution < 1.29 is 9.84 Å². The third kappa shape index (κ3) is 3.68. The van der Waals surface area contributed by atoms with Gasteiger partial charge < -0.3 is 14.8 Å². The summed E-state index contributed by atoms with van der Waals surface area (Å²) < 4.78 is 5.78. The molecule has 0 saturated heterocycles. The van der Waals surface area contributed by atoms with Crippen molar-refractivity contribution in [1.29, 1.82) is 0 Å². The van der Waals surface area contributed by atoms with E-state index in [1.165, 1.54) is 4.88 Å². The first-order chi connectivity index (χ1) is 10.7. The number of rotatable bonds is 7. The Balaban J connectivity index is 1.51. The summed E-state index contributed by atoms with van der Waals surface area (Å²) in [6.45, 7) is 1.72. The van der Waals surface area contributed by atoms with Gasteiger partial charge >= 0.3 is 0 Å². The molecule has 0 fully saturated rings. The molecule has 3 rings (SSSR count). The average molecular weight is 316 g/mol. The van der Waals surface area contributed by atoms with Crippen molar-refractivity contribution >= 4 is 22.2 Å². The molecule has 3 aromatic rings. The van der Waals surface area contributed by atoms with Crippen molar-refractivity contribution in [2.75, 3.05) is 20.2 Å². The van der Waals surface area contributed by atoms with Crippen LogP contribution in [0.25, 0.3) is 10.9 Å². The molecular formula is C17H20N2O2S. The molecule has 0 saturated carbocycles. The third-order valence-electron chi connectivity index (χ3n) is 3.51. The Labute approximate surface area is 134 Å². The van der Waals surface area contributed by atoms with Gasteiger partial charge in [-0.3, -0.25) is 4.90 Å². The number of nitrogens with one attached hydrogen (secondary N) is 1. The Morgan fingerprint density at radius 3 is 3.00 bits per heavy atom. The molecule has 116 valence electrons. The number of thiophene rings is 1. The van der Waals surface area contributed by atoms with E-state index in [9.17, 15) is 5.11 Å². The molecule has 4 nitrogen and oxygen atoms in total. The maximum absolute atomic E-state index is 10.2. The van der Waals surface area contributed by atoms with Gasteiger partial charge in [0.1, 0.15) is 18.5 Å². The smallest absolute Gasteiger partial charge is 0.128 e. The van der Waals surface area contributed by atoms with Crippen molar-refractivity contribution in [3.05, 3.63) is 52.9 Å². The number of benzene rings is 1. The van der Waals surface area contributed by atoms with Crippen LogP contribution in [-0.4, -0.2) is 41.3 Å². The summed E-state index contributed by atoms with van der Waals surface area (Å²) in [6.07, 6.45) is 1.38. The average Bonchev–Trinajstić information content (AvgIpc) is 3.15. The van der Waals surface area contributed by atoms with E-state index in [4.69, 9.17) is 4.74 Å². The lowest BCUT2D eigenvalue weighted by atomic mass is 10.2. The fraction of sp³-hybridized carbons (Fsp3) is 0.294. The summed E-state index contributed by atoms with van der Waals surface area (Å²) >= 11 is 1.73. The fourth-order valence-electron chi connectivity index (χ4n) is 2.51. The zero-order valence-corrected chi connectivity index (χ0v) is 13.3. The van der Waals surface area contributed by atoms with E-state index in [1.807, 2.05) is 43.6 Å². The molecule has 2 heterocycles. The van der Waals surface area contributed by atoms with Gasteiger partial charge in [-0.2, -0.15) is 0 Å². The van der Waals surface area contributed by atoms with Gasteiger partial charge in [-0.25, -0.2) is 0 Å². The highest BCUT2D eigenvalue weighted by molar-refractivity contribution is 7.09. The standard InChI is InChI=1S/C17H20N2O2S/c1-19(11-14-4-3-9-22-14)10-13(20)12-21-17-6-2-5-16-15(17)7-8-18-16/h2-9,13,18,20H,10-12H2,1H3. The molecule has 2 N–H and O–H groups in total. The minimum absolute atomic E-state index is 0.291. The molecular weight excluding hydrogens is 296 g/mol. The second kappa shape index (κ2) is 6.96. The van der Waals surface area contributed by atoms with Crippen molar-refractivity contribution in [2.45, 2.75) is 12.6 Å². The van der Waals surface area contributed by atoms with Crippen LogP contribution in [0.2, 0.25) is 0 Å². The van der Waals surface area contributed by atoms with Crippen LogP contribution in [0.5, 0.6) is 5.75 Å². The van der Waals surface area contributed by atoms with Crippen LogP contribution in [0.1, 0.15) is 4.88 Å². The quantitative estimate of drug-likeness (QED) is 0.704. The molecule has 0 bridgehead atoms. The molecule has 1 unspecified atom stereocenters. The number of aliphatic hydroxyl groups excluding tert-OH is 1. The van der Waals surface area contributed by atoms with E-state index in [0.717, 1.165) is 23.2 Å². The van der Waals surface area contributed by atoms with E-state index >= 15 is 0 Å². The topological polar surface area (TPSA) is 48.5 Å². The van der Waals surface area contributed by atoms with Crippen molar-refractivity contribution in [3.63, 3.8) is 0 Å². The van der Waals surface area contributed by atoms with E-state index in [2.05, 4.69) is 21.3 Å². The summed E-state index contributed by atoms with van der Waals surface area (Å²) in [5.74, 6) is 0.804. The predicted molar refractivity (Wildman–Crippen MR) is 90.5 cm³/mol. The molecule has 0 radical (unpaired) electrons. The maximum Gasteiger partial charge on any atom is 0.128 e. The monoisotopic (exact) mass is 316 g/mol. The Morgan fingerprint density at radius 1 is 1.27 bits per heavy atom. The van der Waals surface area contributed by atoms with E-state index in [-0.39, 0.29) is 0 Å². The second-order valence-corrected chi connectivity index (χ2v) is 6.47. The fourth-order valence-corrected chi connectivity index (χ4v) is 3.30. The number of fused-ring (bicyclic) bond motifs is 1. The summed E-state index contributed by atoms with van der Waals surface area (Å²) in [5.41, 5.74) is 1.04. The van der Waals surface area contributed by atoms with E-state index in [0.29, 0.717) is 13.2 Å². The molecule has 2 aromatic heterocycles. The number of aromatic nitrogens is 1. The molecule has 0 aliphatic carbocycles. The largest absolute Gasteiger partial charge is 0.490 e. The predicted octanol–water partition coefficient (Wildman–Crippen LogP) is 3.10. The van der Waals surface area contributed by atoms with Crippen LogP contribution in [0.3, 0.4) is 0 Å². The van der Waals surface area contributed by atoms with Gasteiger partial charge in [-0.05, 0) is 36.7 Å². The molecule has 5 heteroatoms. The highest BCUT2D eigenvalue weighted by Gasteiger charge is 2.11. The summed E-state index contributed by atoms with van der Waals surface area (Å²) in [4.78, 5) is 6.56. The molecule has 1 aromatic carbocycles. The zero-order chi connectivity index (χ0) is 15.4. The van der Waals surface area contributed by atoms with Gasteiger partial charge in [-0.1, -0.05) is 12.1 Å². The van der Waals surface area contributed by atoms with Crippen molar-refractivity contribution in [3.8, 4) is 5.75 Å². The molecule has 1 atom stereocenters. The molecule has 0 aliphatic heterocycles. The summed E-state index contributed by atoms with van der Waals surface area (Å²) in [5, 5.41) is 13.3. The third-order valence-corrected chi connectivity index (χ3v) is 4.38. The lowest BCUT2D eigenvalue weighted by molar-refractivity contribution is 0.0752. The Hall–Kier alpha value is -1.82. The minimum atomic E-state index is -0.515. The number of hydrogen-bond donors (Lipinski definition) is 2. The normalized spacial score (nSPS) is 12.9. The van der Waals surface area contributed by atoms with Crippen LogP contribution in [0.4, 0.5) is 0 Å². The lowest BCUT2D eigenvalue weighted by Crippen LogP contribution is -2.32. The van der Waals surface area contributed by atoms with Crippen molar-refractivity contribution in [2.24, 2.45) is 0 Å². The van der Waals surface area contributed by atoms with Gasteiger partial charge in [0.05, 0.1) is 0 Å². The molecule has 0 spiro atoms. The zero-order valence-electron chi connectivity index (χ0n) is 12.5. The number of ether oxygens (including phenoxy) is 1. The second-order valence-electron chi connectivity index (χ2n) is 5.44. The highest BCUT2D eigenvalue weighted by Crippen LogP contribution is 2.24. The molecule has 0 aliphatic rings. The van der Waals surface area contributed by atoms with E-state index in [1.54, 1.807) is 11.3 Å². The van der Waals surface area contributed by atoms with Crippen LogP contribution < -0.4 is 4.74 Å². The van der Waals surface area contributed by atoms with Gasteiger partial charge in [0.2, 0.25) is 0 Å². The number of H-pyrrole nitrogens is 1. The molecule has 22 heavy (non-hydrogen) atoms. The van der Waals surface area contributed by atoms with E-state index < -0.39 is 6.10 Å². The summed E-state index contributed by atoms with van der Waals surface area (Å²) in [7, 11) is 2.01. The molecule has 0 amide bonds. The summed E-state index contributed by atoms with van der Waals surface area (Å²) in [6, 6.07) is 12.0. The Morgan fingerprint density at radius 2 is 2.18 bits per heavy atom. The maximum atomic E-state index is 10.2. The Bertz CT molecular complexity index is 708. The van der Waals surface area contributed by atoms with Crippen LogP contribution in [0, 0.1) is 0 Å².